The molecule has 1 heterocycles. The minimum Gasteiger partial charge on any atom is -0.0749 e. The molecule has 0 saturated carbocycles. The van der Waals surface area contributed by atoms with Crippen molar-refractivity contribution in [3.8, 4) is 0 Å². The SMILES string of the molecule is c1ccc(C2(c3ccccc3)CCCCCP=P2)cc1. The van der Waals surface area contributed by atoms with Gasteiger partial charge in [-0.3, -0.25) is 0 Å². The molecular weight excluding hydrogens is 278 g/mol. The highest BCUT2D eigenvalue weighted by Gasteiger charge is 2.32. The zero-order chi connectivity index (χ0) is 13.7. The molecule has 0 radical (unpaired) electrons. The third-order valence-corrected chi connectivity index (χ3v) is 7.83. The summed E-state index contributed by atoms with van der Waals surface area (Å²) < 4.78 is 0. The second-order valence-electron chi connectivity index (χ2n) is 5.37. The van der Waals surface area contributed by atoms with Gasteiger partial charge in [0.2, 0.25) is 0 Å². The fourth-order valence-corrected chi connectivity index (χ4v) is 6.89. The molecule has 0 atom stereocenters. The Bertz CT molecular complexity index is 521. The Labute approximate surface area is 125 Å². The van der Waals surface area contributed by atoms with Crippen LogP contribution in [-0.2, 0) is 5.16 Å². The van der Waals surface area contributed by atoms with Crippen LogP contribution in [0.25, 0.3) is 0 Å². The van der Waals surface area contributed by atoms with Crippen LogP contribution < -0.4 is 0 Å². The molecule has 2 aromatic carbocycles. The average Bonchev–Trinajstić information content (AvgIpc) is 2.49. The molecule has 1 aliphatic heterocycles. The lowest BCUT2D eigenvalue weighted by Gasteiger charge is -2.32. The van der Waals surface area contributed by atoms with E-state index in [0.29, 0.717) is 0 Å². The molecule has 0 bridgehead atoms. The maximum absolute atomic E-state index is 2.32. The van der Waals surface area contributed by atoms with Crippen LogP contribution in [-0.4, -0.2) is 6.16 Å². The van der Waals surface area contributed by atoms with Crippen molar-refractivity contribution in [1.82, 2.24) is 0 Å². The van der Waals surface area contributed by atoms with E-state index < -0.39 is 0 Å². The first-order valence-corrected chi connectivity index (χ1v) is 10.1. The van der Waals surface area contributed by atoms with Gasteiger partial charge < -0.3 is 0 Å². The van der Waals surface area contributed by atoms with Gasteiger partial charge in [-0.25, -0.2) is 0 Å². The summed E-state index contributed by atoms with van der Waals surface area (Å²) in [6.07, 6.45) is 6.74. The quantitative estimate of drug-likeness (QED) is 0.570. The summed E-state index contributed by atoms with van der Waals surface area (Å²) in [4.78, 5) is 0. The van der Waals surface area contributed by atoms with Gasteiger partial charge in [0.05, 0.1) is 5.16 Å². The lowest BCUT2D eigenvalue weighted by atomic mass is 9.85. The van der Waals surface area contributed by atoms with Crippen molar-refractivity contribution in [2.24, 2.45) is 0 Å². The van der Waals surface area contributed by atoms with E-state index in [0.717, 1.165) is 0 Å². The minimum atomic E-state index is 0.199. The standard InChI is InChI=1S/C18H20P2/c1-4-10-16(11-5-1)18(17-12-6-2-7-13-17)14-8-3-9-15-19-20-18/h1-2,4-7,10-13H,3,8-9,14-15H2. The summed E-state index contributed by atoms with van der Waals surface area (Å²) in [5.74, 6) is 0. The Balaban J connectivity index is 2.13. The predicted octanol–water partition coefficient (Wildman–Crippen LogP) is 6.31. The van der Waals surface area contributed by atoms with Crippen LogP contribution in [0.15, 0.2) is 60.7 Å². The number of rotatable bonds is 2. The largest absolute Gasteiger partial charge is 0.0749 e. The Kier molecular flexibility index (Phi) is 4.66. The summed E-state index contributed by atoms with van der Waals surface area (Å²) in [6, 6.07) is 22.3. The molecule has 0 saturated heterocycles. The summed E-state index contributed by atoms with van der Waals surface area (Å²) >= 11 is 0. The molecule has 20 heavy (non-hydrogen) atoms. The summed E-state index contributed by atoms with van der Waals surface area (Å²) in [5, 5.41) is 0.199. The van der Waals surface area contributed by atoms with Gasteiger partial charge >= 0.3 is 0 Å². The molecule has 102 valence electrons. The molecule has 2 aromatic rings. The van der Waals surface area contributed by atoms with Gasteiger partial charge in [-0.15, -0.1) is 0 Å². The summed E-state index contributed by atoms with van der Waals surface area (Å²) in [6.45, 7) is 0. The molecule has 1 aliphatic rings. The van der Waals surface area contributed by atoms with E-state index in [1.165, 1.54) is 43.0 Å². The van der Waals surface area contributed by atoms with Crippen molar-refractivity contribution in [2.75, 3.05) is 6.16 Å². The number of hydrogen-bond acceptors (Lipinski definition) is 0. The van der Waals surface area contributed by atoms with Crippen LogP contribution in [0, 0.1) is 0 Å². The molecule has 0 aliphatic carbocycles. The van der Waals surface area contributed by atoms with Gasteiger partial charge in [-0.05, 0) is 30.1 Å². The normalized spacial score (nSPS) is 19.8. The lowest BCUT2D eigenvalue weighted by Crippen LogP contribution is -2.21. The Morgan fingerprint density at radius 2 is 1.30 bits per heavy atom. The number of benzene rings is 2. The van der Waals surface area contributed by atoms with E-state index in [-0.39, 0.29) is 5.16 Å². The summed E-state index contributed by atoms with van der Waals surface area (Å²) in [5.41, 5.74) is 2.98. The van der Waals surface area contributed by atoms with Crippen LogP contribution in [0.1, 0.15) is 36.8 Å². The number of hydrogen-bond donors (Lipinski definition) is 0. The first-order valence-electron chi connectivity index (χ1n) is 7.41. The van der Waals surface area contributed by atoms with Gasteiger partial charge in [0.1, 0.15) is 0 Å². The van der Waals surface area contributed by atoms with Crippen molar-refractivity contribution in [2.45, 2.75) is 30.8 Å². The van der Waals surface area contributed by atoms with Crippen molar-refractivity contribution in [1.29, 1.82) is 0 Å². The molecule has 0 amide bonds. The highest BCUT2D eigenvalue weighted by molar-refractivity contribution is 7.84. The Morgan fingerprint density at radius 1 is 0.700 bits per heavy atom. The van der Waals surface area contributed by atoms with E-state index in [1.54, 1.807) is 15.7 Å². The topological polar surface area (TPSA) is 0 Å². The Morgan fingerprint density at radius 3 is 1.90 bits per heavy atom. The van der Waals surface area contributed by atoms with Crippen LogP contribution in [0.5, 0.6) is 0 Å². The predicted molar refractivity (Wildman–Crippen MR) is 90.8 cm³/mol. The third kappa shape index (κ3) is 2.88. The smallest absolute Gasteiger partial charge is 0.0659 e. The van der Waals surface area contributed by atoms with Gasteiger partial charge in [0.25, 0.3) is 0 Å². The molecule has 2 heteroatoms. The molecule has 0 nitrogen and oxygen atoms in total. The highest BCUT2D eigenvalue weighted by atomic mass is 31.7. The average molecular weight is 298 g/mol. The van der Waals surface area contributed by atoms with Crippen molar-refractivity contribution < 1.29 is 0 Å². The fraction of sp³-hybridized carbons (Fsp3) is 0.333. The molecule has 0 N–H and O–H groups in total. The third-order valence-electron chi connectivity index (χ3n) is 4.04. The van der Waals surface area contributed by atoms with Crippen LogP contribution in [0.4, 0.5) is 0 Å². The second kappa shape index (κ2) is 6.66. The molecule has 0 unspecified atom stereocenters. The maximum atomic E-state index is 2.32. The second-order valence-corrected chi connectivity index (χ2v) is 8.51. The van der Waals surface area contributed by atoms with Gasteiger partial charge in [-0.1, -0.05) is 89.2 Å². The van der Waals surface area contributed by atoms with E-state index in [2.05, 4.69) is 60.7 Å². The summed E-state index contributed by atoms with van der Waals surface area (Å²) in [7, 11) is 3.13. The first-order chi connectivity index (χ1) is 9.92. The van der Waals surface area contributed by atoms with Crippen molar-refractivity contribution in [3.05, 3.63) is 71.8 Å². The van der Waals surface area contributed by atoms with E-state index in [9.17, 15) is 0 Å². The molecule has 0 spiro atoms. The lowest BCUT2D eigenvalue weighted by molar-refractivity contribution is 0.583. The van der Waals surface area contributed by atoms with Crippen molar-refractivity contribution in [3.63, 3.8) is 0 Å². The van der Waals surface area contributed by atoms with Crippen LogP contribution in [0.2, 0.25) is 0 Å². The van der Waals surface area contributed by atoms with E-state index in [4.69, 9.17) is 0 Å². The highest BCUT2D eigenvalue weighted by Crippen LogP contribution is 2.51. The molecule has 0 fully saturated rings. The molecule has 3 rings (SSSR count). The van der Waals surface area contributed by atoms with Crippen LogP contribution >= 0.6 is 15.7 Å². The van der Waals surface area contributed by atoms with Crippen LogP contribution in [0.3, 0.4) is 0 Å². The van der Waals surface area contributed by atoms with E-state index >= 15 is 0 Å². The minimum absolute atomic E-state index is 0.199. The zero-order valence-electron chi connectivity index (χ0n) is 11.7. The van der Waals surface area contributed by atoms with E-state index in [1.807, 2.05) is 0 Å². The Hall–Kier alpha value is -0.960. The first kappa shape index (κ1) is 14.0. The zero-order valence-corrected chi connectivity index (χ0v) is 13.5. The molecule has 0 aromatic heterocycles. The monoisotopic (exact) mass is 298 g/mol. The van der Waals surface area contributed by atoms with Gasteiger partial charge in [-0.2, -0.15) is 0 Å². The molecular formula is C18H20P2. The van der Waals surface area contributed by atoms with Gasteiger partial charge in [0, 0.05) is 0 Å². The van der Waals surface area contributed by atoms with Crippen molar-refractivity contribution >= 4 is 15.7 Å². The maximum Gasteiger partial charge on any atom is 0.0659 e. The van der Waals surface area contributed by atoms with Gasteiger partial charge in [0.15, 0.2) is 0 Å². The fourth-order valence-electron chi connectivity index (χ4n) is 2.96.